The van der Waals surface area contributed by atoms with Gasteiger partial charge in [-0.1, -0.05) is 90.0 Å². The van der Waals surface area contributed by atoms with Crippen molar-refractivity contribution >= 4 is 27.5 Å². The molecule has 0 spiro atoms. The van der Waals surface area contributed by atoms with E-state index < -0.39 is 28.5 Å². The van der Waals surface area contributed by atoms with Gasteiger partial charge in [-0.3, -0.25) is 13.9 Å². The Labute approximate surface area is 254 Å². The van der Waals surface area contributed by atoms with E-state index in [2.05, 4.69) is 5.32 Å². The second-order valence-electron chi connectivity index (χ2n) is 10.3. The molecular formula is C34H37N3O5S. The fourth-order valence-corrected chi connectivity index (χ4v) is 6.22. The van der Waals surface area contributed by atoms with E-state index >= 15 is 0 Å². The molecule has 1 N–H and O–H groups in total. The van der Waals surface area contributed by atoms with Crippen molar-refractivity contribution in [2.24, 2.45) is 0 Å². The van der Waals surface area contributed by atoms with Gasteiger partial charge in [-0.2, -0.15) is 0 Å². The Bertz CT molecular complexity index is 1640. The van der Waals surface area contributed by atoms with Gasteiger partial charge in [-0.05, 0) is 49.2 Å². The van der Waals surface area contributed by atoms with Crippen LogP contribution < -0.4 is 14.4 Å². The number of hydrogen-bond donors (Lipinski definition) is 1. The SMILES string of the molecule is CNC(=O)[C@@H](Cc1ccccc1)N(Cc1ccc(C)cc1)C(=O)CN(c1ccccc1OC)S(=O)(=O)c1ccc(C)cc1. The van der Waals surface area contributed by atoms with Crippen LogP contribution in [-0.4, -0.2) is 51.9 Å². The minimum absolute atomic E-state index is 0.0361. The Balaban J connectivity index is 1.81. The summed E-state index contributed by atoms with van der Waals surface area (Å²) >= 11 is 0. The molecule has 0 saturated carbocycles. The number of carbonyl (C=O) groups excluding carboxylic acids is 2. The summed E-state index contributed by atoms with van der Waals surface area (Å²) in [6.45, 7) is 3.39. The minimum Gasteiger partial charge on any atom is -0.495 e. The normalized spacial score (nSPS) is 11.8. The molecule has 0 unspecified atom stereocenters. The number of para-hydroxylation sites is 2. The highest BCUT2D eigenvalue weighted by atomic mass is 32.2. The smallest absolute Gasteiger partial charge is 0.264 e. The second kappa shape index (κ2) is 14.0. The van der Waals surface area contributed by atoms with E-state index in [0.717, 1.165) is 26.6 Å². The zero-order chi connectivity index (χ0) is 31.0. The molecule has 0 fully saturated rings. The topological polar surface area (TPSA) is 96.0 Å². The lowest BCUT2D eigenvalue weighted by Crippen LogP contribution is -2.53. The highest BCUT2D eigenvalue weighted by molar-refractivity contribution is 7.92. The quantitative estimate of drug-likeness (QED) is 0.250. The maximum atomic E-state index is 14.4. The number of methoxy groups -OCH3 is 1. The van der Waals surface area contributed by atoms with Crippen LogP contribution in [0.3, 0.4) is 0 Å². The van der Waals surface area contributed by atoms with E-state index in [1.807, 2.05) is 68.4 Å². The van der Waals surface area contributed by atoms with Crippen LogP contribution in [0, 0.1) is 13.8 Å². The second-order valence-corrected chi connectivity index (χ2v) is 12.2. The van der Waals surface area contributed by atoms with Gasteiger partial charge in [0, 0.05) is 20.0 Å². The van der Waals surface area contributed by atoms with E-state index in [4.69, 9.17) is 4.74 Å². The molecule has 0 aliphatic heterocycles. The minimum atomic E-state index is -4.22. The molecule has 0 saturated heterocycles. The van der Waals surface area contributed by atoms with Crippen LogP contribution in [-0.2, 0) is 32.6 Å². The van der Waals surface area contributed by atoms with Crippen molar-refractivity contribution in [2.75, 3.05) is 25.0 Å². The Kier molecular flexibility index (Phi) is 10.2. The highest BCUT2D eigenvalue weighted by Crippen LogP contribution is 2.32. The van der Waals surface area contributed by atoms with Gasteiger partial charge in [-0.15, -0.1) is 0 Å². The number of sulfonamides is 1. The summed E-state index contributed by atoms with van der Waals surface area (Å²) in [4.78, 5) is 29.2. The van der Waals surface area contributed by atoms with Crippen molar-refractivity contribution in [3.05, 3.63) is 125 Å². The van der Waals surface area contributed by atoms with Crippen molar-refractivity contribution < 1.29 is 22.7 Å². The van der Waals surface area contributed by atoms with Gasteiger partial charge < -0.3 is 15.0 Å². The van der Waals surface area contributed by atoms with Gasteiger partial charge in [0.15, 0.2) is 0 Å². The number of benzene rings is 4. The van der Waals surface area contributed by atoms with Gasteiger partial charge in [0.1, 0.15) is 18.3 Å². The molecule has 0 aliphatic rings. The van der Waals surface area contributed by atoms with E-state index in [9.17, 15) is 18.0 Å². The molecular weight excluding hydrogens is 562 g/mol. The number of anilines is 1. The first-order chi connectivity index (χ1) is 20.6. The molecule has 0 heterocycles. The summed E-state index contributed by atoms with van der Waals surface area (Å²) in [5, 5.41) is 2.70. The molecule has 224 valence electrons. The lowest BCUT2D eigenvalue weighted by Gasteiger charge is -2.34. The molecule has 0 radical (unpaired) electrons. The molecule has 4 aromatic rings. The Morgan fingerprint density at radius 3 is 1.98 bits per heavy atom. The third kappa shape index (κ3) is 7.61. The first-order valence-electron chi connectivity index (χ1n) is 14.0. The van der Waals surface area contributed by atoms with Crippen molar-refractivity contribution in [1.82, 2.24) is 10.2 Å². The molecule has 4 rings (SSSR count). The lowest BCUT2D eigenvalue weighted by molar-refractivity contribution is -0.139. The molecule has 0 bridgehead atoms. The predicted octanol–water partition coefficient (Wildman–Crippen LogP) is 4.89. The van der Waals surface area contributed by atoms with Crippen LogP contribution in [0.5, 0.6) is 5.75 Å². The number of amides is 2. The lowest BCUT2D eigenvalue weighted by atomic mass is 10.0. The van der Waals surface area contributed by atoms with E-state index in [1.165, 1.54) is 31.2 Å². The summed E-state index contributed by atoms with van der Waals surface area (Å²) in [7, 11) is -1.24. The number of ether oxygens (including phenoxy) is 1. The number of rotatable bonds is 12. The number of hydrogen-bond acceptors (Lipinski definition) is 5. The largest absolute Gasteiger partial charge is 0.495 e. The number of nitrogens with one attached hydrogen (secondary N) is 1. The fraction of sp³-hybridized carbons (Fsp3) is 0.235. The van der Waals surface area contributed by atoms with Gasteiger partial charge in [0.25, 0.3) is 10.0 Å². The van der Waals surface area contributed by atoms with Crippen molar-refractivity contribution in [3.63, 3.8) is 0 Å². The van der Waals surface area contributed by atoms with Crippen molar-refractivity contribution in [1.29, 1.82) is 0 Å². The molecule has 4 aromatic carbocycles. The third-order valence-corrected chi connectivity index (χ3v) is 9.01. The van der Waals surface area contributed by atoms with E-state index in [1.54, 1.807) is 36.4 Å². The molecule has 43 heavy (non-hydrogen) atoms. The summed E-state index contributed by atoms with van der Waals surface area (Å²) in [5.74, 6) is -0.593. The Morgan fingerprint density at radius 2 is 1.37 bits per heavy atom. The Hall–Kier alpha value is -4.63. The van der Waals surface area contributed by atoms with Crippen LogP contribution in [0.1, 0.15) is 22.3 Å². The van der Waals surface area contributed by atoms with Gasteiger partial charge in [-0.25, -0.2) is 8.42 Å². The standard InChI is InChI=1S/C34H37N3O5S/c1-25-14-18-28(19-15-25)23-36(31(34(39)35-3)22-27-10-6-5-7-11-27)33(38)24-37(30-12-8-9-13-32(30)42-4)43(40,41)29-20-16-26(2)17-21-29/h5-21,31H,22-24H2,1-4H3,(H,35,39)/t31-/m1/s1. The molecule has 0 aromatic heterocycles. The number of likely N-dealkylation sites (N-methyl/N-ethyl adjacent to an activating group) is 1. The summed E-state index contributed by atoms with van der Waals surface area (Å²) in [5.41, 5.74) is 3.85. The zero-order valence-corrected chi connectivity index (χ0v) is 25.7. The zero-order valence-electron chi connectivity index (χ0n) is 24.9. The molecule has 0 aliphatic carbocycles. The molecule has 8 nitrogen and oxygen atoms in total. The summed E-state index contributed by atoms with van der Waals surface area (Å²) in [6, 6.07) is 29.3. The monoisotopic (exact) mass is 599 g/mol. The first-order valence-corrected chi connectivity index (χ1v) is 15.4. The molecule has 1 atom stereocenters. The third-order valence-electron chi connectivity index (χ3n) is 7.23. The van der Waals surface area contributed by atoms with Crippen molar-refractivity contribution in [3.8, 4) is 5.75 Å². The molecule has 2 amide bonds. The fourth-order valence-electron chi connectivity index (χ4n) is 4.80. The number of carbonyl (C=O) groups is 2. The van der Waals surface area contributed by atoms with E-state index in [-0.39, 0.29) is 29.5 Å². The maximum absolute atomic E-state index is 14.4. The summed E-state index contributed by atoms with van der Waals surface area (Å²) in [6.07, 6.45) is 0.248. The van der Waals surface area contributed by atoms with E-state index in [0.29, 0.717) is 5.75 Å². The average Bonchev–Trinajstić information content (AvgIpc) is 3.02. The van der Waals surface area contributed by atoms with Gasteiger partial charge in [0.05, 0.1) is 17.7 Å². The van der Waals surface area contributed by atoms with Crippen LogP contribution in [0.15, 0.2) is 108 Å². The maximum Gasteiger partial charge on any atom is 0.264 e. The average molecular weight is 600 g/mol. The molecule has 9 heteroatoms. The van der Waals surface area contributed by atoms with Crippen LogP contribution >= 0.6 is 0 Å². The highest BCUT2D eigenvalue weighted by Gasteiger charge is 2.35. The van der Waals surface area contributed by atoms with Gasteiger partial charge >= 0.3 is 0 Å². The van der Waals surface area contributed by atoms with Crippen LogP contribution in [0.25, 0.3) is 0 Å². The first kappa shape index (κ1) is 31.3. The summed E-state index contributed by atoms with van der Waals surface area (Å²) < 4.78 is 34.8. The van der Waals surface area contributed by atoms with Gasteiger partial charge in [0.2, 0.25) is 11.8 Å². The van der Waals surface area contributed by atoms with Crippen LogP contribution in [0.2, 0.25) is 0 Å². The Morgan fingerprint density at radius 1 is 0.791 bits per heavy atom. The predicted molar refractivity (Wildman–Crippen MR) is 168 cm³/mol. The number of aryl methyl sites for hydroxylation is 2. The van der Waals surface area contributed by atoms with Crippen molar-refractivity contribution in [2.45, 2.75) is 37.8 Å². The van der Waals surface area contributed by atoms with Crippen LogP contribution in [0.4, 0.5) is 5.69 Å². The number of nitrogens with zero attached hydrogens (tertiary/aromatic N) is 2.